The summed E-state index contributed by atoms with van der Waals surface area (Å²) in [5, 5.41) is 0. The number of imidazole rings is 1. The molecule has 9 rings (SSSR count). The molecule has 7 aromatic carbocycles. The number of alkyl halides is 2. The van der Waals surface area contributed by atoms with E-state index in [0.29, 0.717) is 22.7 Å². The van der Waals surface area contributed by atoms with Crippen molar-refractivity contribution in [2.24, 2.45) is 0 Å². The molecule has 2 heterocycles. The van der Waals surface area contributed by atoms with Gasteiger partial charge in [-0.2, -0.15) is 0 Å². The molecule has 9 aromatic rings. The Morgan fingerprint density at radius 1 is 0.525 bits per heavy atom. The van der Waals surface area contributed by atoms with Gasteiger partial charge in [-0.15, -0.1) is 0 Å². The molecule has 0 amide bonds. The van der Waals surface area contributed by atoms with Crippen molar-refractivity contribution in [3.05, 3.63) is 215 Å². The molecule has 0 aliphatic carbocycles. The summed E-state index contributed by atoms with van der Waals surface area (Å²) in [7, 11) is 0. The van der Waals surface area contributed by atoms with E-state index >= 15 is 0 Å². The number of rotatable bonds is 12. The van der Waals surface area contributed by atoms with Gasteiger partial charge < -0.3 is 4.90 Å². The summed E-state index contributed by atoms with van der Waals surface area (Å²) in [6.07, 6.45) is 1.58. The molecule has 0 bridgehead atoms. The fourth-order valence-corrected chi connectivity index (χ4v) is 9.28. The SMILES string of the molecule is CC[I-]Cc1ccc(N(c2ccc(C)cc2)c2ccc(-n3c(-c4ccccc4)nc4ncn(-c5ccc(N(c6ccc(C)cc6)c6ccc(C)cc6)cc5)c(=O)c43)cc2)cc1. The normalized spacial score (nSPS) is 11.3. The van der Waals surface area contributed by atoms with Gasteiger partial charge in [-0.05, 0) is 62.4 Å². The van der Waals surface area contributed by atoms with E-state index in [-0.39, 0.29) is 26.8 Å². The molecule has 0 atom stereocenters. The van der Waals surface area contributed by atoms with Gasteiger partial charge >= 0.3 is 171 Å². The molecule has 0 aliphatic rings. The van der Waals surface area contributed by atoms with Crippen LogP contribution in [0.5, 0.6) is 0 Å². The van der Waals surface area contributed by atoms with Crippen LogP contribution in [0, 0.1) is 20.8 Å². The molecule has 0 unspecified atom stereocenters. The molecule has 0 saturated carbocycles. The Balaban J connectivity index is 1.12. The van der Waals surface area contributed by atoms with Gasteiger partial charge in [0.15, 0.2) is 5.65 Å². The zero-order valence-electron chi connectivity index (χ0n) is 34.7. The first-order valence-corrected chi connectivity index (χ1v) is 23.6. The van der Waals surface area contributed by atoms with Gasteiger partial charge in [0.05, 0.1) is 5.69 Å². The maximum absolute atomic E-state index is 14.8. The Morgan fingerprint density at radius 3 is 1.41 bits per heavy atom. The first-order chi connectivity index (χ1) is 29.8. The van der Waals surface area contributed by atoms with Crippen molar-refractivity contribution >= 4 is 45.3 Å². The third-order valence-corrected chi connectivity index (χ3v) is 13.4. The molecule has 0 fully saturated rings. The number of benzene rings is 7. The zero-order valence-corrected chi connectivity index (χ0v) is 36.9. The minimum absolute atomic E-state index is 0.184. The Morgan fingerprint density at radius 2 is 0.951 bits per heavy atom. The van der Waals surface area contributed by atoms with Crippen LogP contribution in [-0.4, -0.2) is 23.5 Å². The van der Waals surface area contributed by atoms with Crippen LogP contribution in [0.3, 0.4) is 0 Å². The molecule has 8 heteroatoms. The number of hydrogen-bond acceptors (Lipinski definition) is 5. The van der Waals surface area contributed by atoms with Gasteiger partial charge in [-0.25, -0.2) is 9.97 Å². The summed E-state index contributed by atoms with van der Waals surface area (Å²) in [6, 6.07) is 61.1. The van der Waals surface area contributed by atoms with E-state index in [1.54, 1.807) is 10.9 Å². The minimum atomic E-state index is -0.211. The molecular weight excluding hydrogens is 864 g/mol. The number of nitrogens with zero attached hydrogens (tertiary/aromatic N) is 6. The molecule has 2 aromatic heterocycles. The van der Waals surface area contributed by atoms with Crippen LogP contribution in [0.2, 0.25) is 0 Å². The fourth-order valence-electron chi connectivity index (χ4n) is 7.61. The molecule has 302 valence electrons. The van der Waals surface area contributed by atoms with E-state index in [2.05, 4.69) is 171 Å². The Bertz CT molecular complexity index is 2910. The summed E-state index contributed by atoms with van der Waals surface area (Å²) in [6.45, 7) is 8.57. The van der Waals surface area contributed by atoms with E-state index in [4.69, 9.17) is 9.97 Å². The molecule has 0 radical (unpaired) electrons. The Labute approximate surface area is 367 Å². The predicted molar refractivity (Wildman–Crippen MR) is 248 cm³/mol. The van der Waals surface area contributed by atoms with E-state index in [9.17, 15) is 4.79 Å². The van der Waals surface area contributed by atoms with Crippen molar-refractivity contribution in [3.63, 3.8) is 0 Å². The predicted octanol–water partition coefficient (Wildman–Crippen LogP) is 9.71. The van der Waals surface area contributed by atoms with Gasteiger partial charge in [0, 0.05) is 22.6 Å². The summed E-state index contributed by atoms with van der Waals surface area (Å²) >= 11 is 0.184. The average molecular weight is 910 g/mol. The van der Waals surface area contributed by atoms with Crippen molar-refractivity contribution in [1.29, 1.82) is 0 Å². The second-order valence-corrected chi connectivity index (χ2v) is 18.6. The van der Waals surface area contributed by atoms with Gasteiger partial charge in [-0.1, -0.05) is 65.7 Å². The van der Waals surface area contributed by atoms with Gasteiger partial charge in [-0.3, -0.25) is 9.36 Å². The van der Waals surface area contributed by atoms with Crippen LogP contribution < -0.4 is 36.6 Å². The molecule has 0 aliphatic heterocycles. The Hall–Kier alpha value is -6.78. The zero-order chi connectivity index (χ0) is 41.9. The third-order valence-electron chi connectivity index (χ3n) is 10.9. The van der Waals surface area contributed by atoms with Crippen molar-refractivity contribution in [3.8, 4) is 22.8 Å². The number of fused-ring (bicyclic) bond motifs is 1. The number of anilines is 6. The molecule has 0 spiro atoms. The van der Waals surface area contributed by atoms with E-state index in [0.717, 1.165) is 45.4 Å². The number of halogens is 1. The third kappa shape index (κ3) is 8.23. The molecule has 7 nitrogen and oxygen atoms in total. The van der Waals surface area contributed by atoms with Crippen LogP contribution in [0.25, 0.3) is 33.9 Å². The second-order valence-electron chi connectivity index (χ2n) is 15.2. The van der Waals surface area contributed by atoms with Crippen LogP contribution in [-0.2, 0) is 4.43 Å². The van der Waals surface area contributed by atoms with E-state index in [1.165, 1.54) is 31.1 Å². The van der Waals surface area contributed by atoms with Gasteiger partial charge in [0.25, 0.3) is 5.56 Å². The first-order valence-electron chi connectivity index (χ1n) is 20.5. The summed E-state index contributed by atoms with van der Waals surface area (Å²) < 4.78 is 6.02. The van der Waals surface area contributed by atoms with Gasteiger partial charge in [0.2, 0.25) is 0 Å². The topological polar surface area (TPSA) is 59.2 Å². The summed E-state index contributed by atoms with van der Waals surface area (Å²) in [4.78, 5) is 29.1. The molecule has 0 saturated heterocycles. The van der Waals surface area contributed by atoms with E-state index < -0.39 is 0 Å². The summed E-state index contributed by atoms with van der Waals surface area (Å²) in [5.41, 5.74) is 14.2. The average Bonchev–Trinajstić information content (AvgIpc) is 3.70. The fraction of sp³-hybridized carbons (Fsp3) is 0.113. The maximum atomic E-state index is 14.8. The molecule has 61 heavy (non-hydrogen) atoms. The van der Waals surface area contributed by atoms with Crippen molar-refractivity contribution < 1.29 is 21.2 Å². The second kappa shape index (κ2) is 17.4. The van der Waals surface area contributed by atoms with E-state index in [1.807, 2.05) is 47.0 Å². The summed E-state index contributed by atoms with van der Waals surface area (Å²) in [5.74, 6) is 0.647. The standard InChI is InChI=1S/C53H46IN6O/c1-5-54-35-40-17-25-46(26-18-40)59(45-23-15-39(4)16-24-45)48-31-33-49(34-32-48)60-50-51(56-52(60)41-9-7-6-8-10-41)55-36-57(53(50)61)42-27-29-47(30-28-42)58(43-19-11-37(2)12-20-43)44-21-13-38(3)14-22-44/h6-34,36H,5,35H2,1-4H3/q-1. The van der Waals surface area contributed by atoms with Crippen LogP contribution in [0.4, 0.5) is 34.1 Å². The first kappa shape index (κ1) is 39.7. The quantitative estimate of drug-likeness (QED) is 0.0904. The number of aromatic nitrogens is 4. The monoisotopic (exact) mass is 909 g/mol. The van der Waals surface area contributed by atoms with Crippen LogP contribution in [0.1, 0.15) is 29.2 Å². The van der Waals surface area contributed by atoms with Crippen LogP contribution >= 0.6 is 0 Å². The van der Waals surface area contributed by atoms with Gasteiger partial charge in [0.1, 0.15) is 6.33 Å². The van der Waals surface area contributed by atoms with Crippen LogP contribution in [0.15, 0.2) is 187 Å². The van der Waals surface area contributed by atoms with Crippen molar-refractivity contribution in [2.75, 3.05) is 14.2 Å². The number of hydrogen-bond donors (Lipinski definition) is 0. The molecular formula is C53H46IN6O-. The van der Waals surface area contributed by atoms with Crippen molar-refractivity contribution in [1.82, 2.24) is 19.1 Å². The number of aryl methyl sites for hydroxylation is 3. The molecule has 0 N–H and O–H groups in total. The Kier molecular flexibility index (Phi) is 11.3. The van der Waals surface area contributed by atoms with Crippen molar-refractivity contribution in [2.45, 2.75) is 32.1 Å².